The predicted molar refractivity (Wildman–Crippen MR) is 80.2 cm³/mol. The van der Waals surface area contributed by atoms with E-state index in [2.05, 4.69) is 26.2 Å². The number of nitrogens with zero attached hydrogens (tertiary/aromatic N) is 1. The van der Waals surface area contributed by atoms with Crippen molar-refractivity contribution in [1.29, 1.82) is 0 Å². The van der Waals surface area contributed by atoms with Crippen LogP contribution in [0.1, 0.15) is 30.1 Å². The molecule has 0 aliphatic carbocycles. The van der Waals surface area contributed by atoms with Crippen LogP contribution in [0.3, 0.4) is 0 Å². The van der Waals surface area contributed by atoms with Crippen molar-refractivity contribution in [3.8, 4) is 10.6 Å². The van der Waals surface area contributed by atoms with Gasteiger partial charge in [-0.15, -0.1) is 11.3 Å². The third-order valence-electron chi connectivity index (χ3n) is 3.46. The summed E-state index contributed by atoms with van der Waals surface area (Å²) in [6.07, 6.45) is -2.34. The molecular formula is C14H12BrF3N2S. The van der Waals surface area contributed by atoms with Crippen molar-refractivity contribution in [2.45, 2.75) is 25.1 Å². The van der Waals surface area contributed by atoms with Gasteiger partial charge in [0.05, 0.1) is 17.3 Å². The lowest BCUT2D eigenvalue weighted by molar-refractivity contribution is -0.137. The first-order chi connectivity index (χ1) is 9.95. The number of hydrogen-bond acceptors (Lipinski definition) is 3. The molecule has 0 bridgehead atoms. The van der Waals surface area contributed by atoms with Gasteiger partial charge in [-0.05, 0) is 31.5 Å². The minimum absolute atomic E-state index is 0.139. The third-order valence-corrected chi connectivity index (χ3v) is 4.84. The number of hydrogen-bond donors (Lipinski definition) is 1. The zero-order chi connectivity index (χ0) is 15.0. The molecular weight excluding hydrogens is 365 g/mol. The standard InChI is InChI=1S/C14H12BrF3N2S/c15-8-3-4-9(10(6-8)14(16,17)18)13-20-12(7-21-13)11-2-1-5-19-11/h3-4,6-7,11,19H,1-2,5H2/t11-/m0/s1. The van der Waals surface area contributed by atoms with Gasteiger partial charge >= 0.3 is 6.18 Å². The summed E-state index contributed by atoms with van der Waals surface area (Å²) < 4.78 is 39.9. The number of rotatable bonds is 2. The van der Waals surface area contributed by atoms with Crippen LogP contribution in [0.2, 0.25) is 0 Å². The fraction of sp³-hybridized carbons (Fsp3) is 0.357. The molecule has 112 valence electrons. The molecule has 0 amide bonds. The lowest BCUT2D eigenvalue weighted by atomic mass is 10.1. The molecule has 2 nitrogen and oxygen atoms in total. The van der Waals surface area contributed by atoms with E-state index >= 15 is 0 Å². The minimum atomic E-state index is -4.39. The van der Waals surface area contributed by atoms with Gasteiger partial charge in [0.1, 0.15) is 5.01 Å². The van der Waals surface area contributed by atoms with Crippen LogP contribution < -0.4 is 5.32 Å². The molecule has 1 aliphatic rings. The predicted octanol–water partition coefficient (Wildman–Crippen LogP) is 5.02. The average Bonchev–Trinajstić information content (AvgIpc) is 3.08. The highest BCUT2D eigenvalue weighted by atomic mass is 79.9. The third kappa shape index (κ3) is 3.14. The molecule has 0 unspecified atom stereocenters. The summed E-state index contributed by atoms with van der Waals surface area (Å²) in [5.41, 5.74) is 0.320. The van der Waals surface area contributed by atoms with Crippen molar-refractivity contribution in [2.75, 3.05) is 6.54 Å². The van der Waals surface area contributed by atoms with E-state index < -0.39 is 11.7 Å². The monoisotopic (exact) mass is 376 g/mol. The van der Waals surface area contributed by atoms with Crippen molar-refractivity contribution < 1.29 is 13.2 Å². The van der Waals surface area contributed by atoms with Crippen LogP contribution in [-0.2, 0) is 6.18 Å². The number of aromatic nitrogens is 1. The molecule has 1 aromatic heterocycles. The Morgan fingerprint density at radius 2 is 2.14 bits per heavy atom. The maximum absolute atomic E-state index is 13.2. The zero-order valence-corrected chi connectivity index (χ0v) is 13.3. The number of halogens is 4. The molecule has 2 heterocycles. The van der Waals surface area contributed by atoms with Crippen LogP contribution in [-0.4, -0.2) is 11.5 Å². The largest absolute Gasteiger partial charge is 0.417 e. The van der Waals surface area contributed by atoms with E-state index in [-0.39, 0.29) is 11.6 Å². The zero-order valence-electron chi connectivity index (χ0n) is 10.9. The molecule has 0 spiro atoms. The first kappa shape index (κ1) is 15.0. The van der Waals surface area contributed by atoms with Gasteiger partial charge in [0, 0.05) is 15.4 Å². The number of thiazole rings is 1. The van der Waals surface area contributed by atoms with Gasteiger partial charge in [0.15, 0.2) is 0 Å². The van der Waals surface area contributed by atoms with Crippen molar-refractivity contribution >= 4 is 27.3 Å². The molecule has 3 rings (SSSR count). The van der Waals surface area contributed by atoms with Crippen LogP contribution in [0, 0.1) is 0 Å². The van der Waals surface area contributed by atoms with E-state index in [1.807, 2.05) is 5.38 Å². The summed E-state index contributed by atoms with van der Waals surface area (Å²) in [6, 6.07) is 4.35. The van der Waals surface area contributed by atoms with Crippen LogP contribution in [0.4, 0.5) is 13.2 Å². The second kappa shape index (κ2) is 5.70. The average molecular weight is 377 g/mol. The van der Waals surface area contributed by atoms with E-state index in [4.69, 9.17) is 0 Å². The first-order valence-corrected chi connectivity index (χ1v) is 8.18. The van der Waals surface area contributed by atoms with Crippen molar-refractivity contribution in [3.05, 3.63) is 39.3 Å². The summed E-state index contributed by atoms with van der Waals surface area (Å²) in [5, 5.41) is 5.57. The van der Waals surface area contributed by atoms with E-state index in [1.54, 1.807) is 6.07 Å². The molecule has 1 aliphatic heterocycles. The van der Waals surface area contributed by atoms with Crippen molar-refractivity contribution in [2.24, 2.45) is 0 Å². The number of nitrogens with one attached hydrogen (secondary N) is 1. The second-order valence-corrected chi connectivity index (χ2v) is 6.69. The van der Waals surface area contributed by atoms with Crippen LogP contribution in [0.15, 0.2) is 28.1 Å². The Kier molecular flexibility index (Phi) is 4.07. The Hall–Kier alpha value is -0.920. The molecule has 0 saturated carbocycles. The van der Waals surface area contributed by atoms with Gasteiger partial charge in [-0.3, -0.25) is 0 Å². The highest BCUT2D eigenvalue weighted by Crippen LogP contribution is 2.40. The highest BCUT2D eigenvalue weighted by molar-refractivity contribution is 9.10. The normalized spacial score (nSPS) is 19.1. The molecule has 1 N–H and O–H groups in total. The number of benzene rings is 1. The smallest absolute Gasteiger partial charge is 0.309 e. The Morgan fingerprint density at radius 1 is 1.33 bits per heavy atom. The lowest BCUT2D eigenvalue weighted by Crippen LogP contribution is -2.13. The molecule has 1 atom stereocenters. The molecule has 1 aromatic carbocycles. The summed E-state index contributed by atoms with van der Waals surface area (Å²) in [4.78, 5) is 4.41. The van der Waals surface area contributed by atoms with Crippen LogP contribution in [0.25, 0.3) is 10.6 Å². The first-order valence-electron chi connectivity index (χ1n) is 6.51. The second-order valence-electron chi connectivity index (χ2n) is 4.91. The molecule has 21 heavy (non-hydrogen) atoms. The number of alkyl halides is 3. The van der Waals surface area contributed by atoms with Gasteiger partial charge in [0.25, 0.3) is 0 Å². The maximum Gasteiger partial charge on any atom is 0.417 e. The Labute approximate surface area is 132 Å². The summed E-state index contributed by atoms with van der Waals surface area (Å²) >= 11 is 4.35. The molecule has 1 fully saturated rings. The summed E-state index contributed by atoms with van der Waals surface area (Å²) in [5.74, 6) is 0. The Morgan fingerprint density at radius 3 is 2.81 bits per heavy atom. The summed E-state index contributed by atoms with van der Waals surface area (Å²) in [7, 11) is 0. The van der Waals surface area contributed by atoms with E-state index in [1.165, 1.54) is 17.4 Å². The molecule has 7 heteroatoms. The van der Waals surface area contributed by atoms with E-state index in [0.717, 1.165) is 31.1 Å². The van der Waals surface area contributed by atoms with Gasteiger partial charge in [-0.2, -0.15) is 13.2 Å². The topological polar surface area (TPSA) is 24.9 Å². The van der Waals surface area contributed by atoms with E-state index in [0.29, 0.717) is 9.48 Å². The van der Waals surface area contributed by atoms with Gasteiger partial charge in [0.2, 0.25) is 0 Å². The Bertz CT molecular complexity index is 648. The Balaban J connectivity index is 2.00. The van der Waals surface area contributed by atoms with Crippen LogP contribution >= 0.6 is 27.3 Å². The quantitative estimate of drug-likeness (QED) is 0.796. The van der Waals surface area contributed by atoms with E-state index in [9.17, 15) is 13.2 Å². The van der Waals surface area contributed by atoms with Crippen LogP contribution in [0.5, 0.6) is 0 Å². The fourth-order valence-electron chi connectivity index (χ4n) is 2.44. The van der Waals surface area contributed by atoms with Crippen molar-refractivity contribution in [1.82, 2.24) is 10.3 Å². The van der Waals surface area contributed by atoms with Gasteiger partial charge < -0.3 is 5.32 Å². The maximum atomic E-state index is 13.2. The summed E-state index contributed by atoms with van der Waals surface area (Å²) in [6.45, 7) is 0.934. The van der Waals surface area contributed by atoms with Gasteiger partial charge in [-0.1, -0.05) is 22.0 Å². The highest BCUT2D eigenvalue weighted by Gasteiger charge is 2.34. The SMILES string of the molecule is FC(F)(F)c1cc(Br)ccc1-c1nc([C@@H]2CCCN2)cs1. The molecule has 2 aromatic rings. The van der Waals surface area contributed by atoms with Gasteiger partial charge in [-0.25, -0.2) is 4.98 Å². The van der Waals surface area contributed by atoms with Crippen molar-refractivity contribution in [3.63, 3.8) is 0 Å². The lowest BCUT2D eigenvalue weighted by Gasteiger charge is -2.11. The minimum Gasteiger partial charge on any atom is -0.309 e. The molecule has 0 radical (unpaired) electrons. The fourth-order valence-corrected chi connectivity index (χ4v) is 3.72. The molecule has 1 saturated heterocycles.